The lowest BCUT2D eigenvalue weighted by atomic mass is 9.94. The Morgan fingerprint density at radius 1 is 1.53 bits per heavy atom. The molecule has 0 aliphatic carbocycles. The summed E-state index contributed by atoms with van der Waals surface area (Å²) in [5.41, 5.74) is 6.30. The van der Waals surface area contributed by atoms with Crippen LogP contribution in [0.5, 0.6) is 5.75 Å². The second-order valence-electron chi connectivity index (χ2n) is 3.50. The maximum atomic E-state index is 11.0. The largest absolute Gasteiger partial charge is 0.506 e. The van der Waals surface area contributed by atoms with Gasteiger partial charge in [-0.2, -0.15) is 0 Å². The van der Waals surface area contributed by atoms with Gasteiger partial charge in [0.05, 0.1) is 11.6 Å². The molecule has 4 heteroatoms. The van der Waals surface area contributed by atoms with Gasteiger partial charge in [-0.3, -0.25) is 4.79 Å². The summed E-state index contributed by atoms with van der Waals surface area (Å²) >= 11 is 0. The molecule has 1 unspecified atom stereocenters. The number of phenolic OH excluding ortho intramolecular Hbond substituents is 1. The Kier molecular flexibility index (Phi) is 3.55. The summed E-state index contributed by atoms with van der Waals surface area (Å²) in [4.78, 5) is 11.0. The first-order valence-corrected chi connectivity index (χ1v) is 4.87. The van der Waals surface area contributed by atoms with Gasteiger partial charge in [0.1, 0.15) is 5.75 Å². The van der Waals surface area contributed by atoms with E-state index in [4.69, 9.17) is 10.8 Å². The fraction of sp³-hybridized carbons (Fsp3) is 0.364. The van der Waals surface area contributed by atoms with Crippen LogP contribution in [-0.2, 0) is 4.79 Å². The highest BCUT2D eigenvalue weighted by atomic mass is 16.4. The summed E-state index contributed by atoms with van der Waals surface area (Å²) in [6.45, 7) is 1.92. The van der Waals surface area contributed by atoms with E-state index in [0.29, 0.717) is 12.0 Å². The lowest BCUT2D eigenvalue weighted by Gasteiger charge is -2.12. The molecule has 15 heavy (non-hydrogen) atoms. The fourth-order valence-corrected chi connectivity index (χ4v) is 1.50. The van der Waals surface area contributed by atoms with E-state index >= 15 is 0 Å². The third-order valence-electron chi connectivity index (χ3n) is 2.33. The number of carboxylic acid groups (broad SMARTS) is 1. The molecule has 1 atom stereocenters. The molecule has 0 spiro atoms. The van der Waals surface area contributed by atoms with Gasteiger partial charge < -0.3 is 15.9 Å². The predicted octanol–water partition coefficient (Wildman–Crippen LogP) is 1.94. The van der Waals surface area contributed by atoms with E-state index in [1.165, 1.54) is 12.1 Å². The van der Waals surface area contributed by atoms with Gasteiger partial charge in [-0.05, 0) is 24.1 Å². The predicted molar refractivity (Wildman–Crippen MR) is 57.8 cm³/mol. The zero-order chi connectivity index (χ0) is 11.4. The standard InChI is InChI=1S/C11H15NO3/c1-2-3-8(11(14)15)7-4-5-9(12)10(13)6-7/h4-6,8,13H,2-3,12H2,1H3,(H,14,15). The lowest BCUT2D eigenvalue weighted by molar-refractivity contribution is -0.139. The van der Waals surface area contributed by atoms with Crippen molar-refractivity contribution in [2.24, 2.45) is 0 Å². The highest BCUT2D eigenvalue weighted by Crippen LogP contribution is 2.28. The third-order valence-corrected chi connectivity index (χ3v) is 2.33. The zero-order valence-electron chi connectivity index (χ0n) is 8.60. The molecule has 0 saturated heterocycles. The van der Waals surface area contributed by atoms with Gasteiger partial charge in [0.25, 0.3) is 0 Å². The number of benzene rings is 1. The van der Waals surface area contributed by atoms with Gasteiger partial charge in [0.15, 0.2) is 0 Å². The summed E-state index contributed by atoms with van der Waals surface area (Å²) in [6.07, 6.45) is 1.33. The molecule has 0 fully saturated rings. The van der Waals surface area contributed by atoms with Crippen molar-refractivity contribution in [1.29, 1.82) is 0 Å². The van der Waals surface area contributed by atoms with Gasteiger partial charge in [0.2, 0.25) is 0 Å². The number of phenols is 1. The van der Waals surface area contributed by atoms with Crippen molar-refractivity contribution in [3.63, 3.8) is 0 Å². The normalized spacial score (nSPS) is 12.3. The first kappa shape index (κ1) is 11.4. The van der Waals surface area contributed by atoms with Crippen molar-refractivity contribution in [1.82, 2.24) is 0 Å². The van der Waals surface area contributed by atoms with E-state index < -0.39 is 11.9 Å². The number of aromatic hydroxyl groups is 1. The zero-order valence-corrected chi connectivity index (χ0v) is 8.60. The maximum Gasteiger partial charge on any atom is 0.310 e. The van der Waals surface area contributed by atoms with Crippen LogP contribution in [-0.4, -0.2) is 16.2 Å². The first-order chi connectivity index (χ1) is 7.06. The minimum absolute atomic E-state index is 0.0603. The van der Waals surface area contributed by atoms with E-state index in [2.05, 4.69) is 0 Å². The van der Waals surface area contributed by atoms with Crippen molar-refractivity contribution in [2.45, 2.75) is 25.7 Å². The van der Waals surface area contributed by atoms with Gasteiger partial charge in [-0.1, -0.05) is 19.4 Å². The van der Waals surface area contributed by atoms with Gasteiger partial charge >= 0.3 is 5.97 Å². The number of hydrogen-bond acceptors (Lipinski definition) is 3. The highest BCUT2D eigenvalue weighted by molar-refractivity contribution is 5.76. The number of nitrogens with two attached hydrogens (primary N) is 1. The monoisotopic (exact) mass is 209 g/mol. The quantitative estimate of drug-likeness (QED) is 0.522. The van der Waals surface area contributed by atoms with Crippen LogP contribution < -0.4 is 5.73 Å². The molecule has 1 aromatic rings. The molecule has 1 aromatic carbocycles. The van der Waals surface area contributed by atoms with Crippen LogP contribution in [0.4, 0.5) is 5.69 Å². The SMILES string of the molecule is CCCC(C(=O)O)c1ccc(N)c(O)c1. The average molecular weight is 209 g/mol. The van der Waals surface area contributed by atoms with Crippen molar-refractivity contribution < 1.29 is 15.0 Å². The van der Waals surface area contributed by atoms with E-state index in [-0.39, 0.29) is 11.4 Å². The number of nitrogen functional groups attached to an aromatic ring is 1. The van der Waals surface area contributed by atoms with E-state index in [0.717, 1.165) is 6.42 Å². The summed E-state index contributed by atoms with van der Waals surface area (Å²) in [6, 6.07) is 4.59. The van der Waals surface area contributed by atoms with E-state index in [1.807, 2.05) is 6.92 Å². The van der Waals surface area contributed by atoms with Crippen LogP contribution in [0.25, 0.3) is 0 Å². The molecule has 4 nitrogen and oxygen atoms in total. The van der Waals surface area contributed by atoms with Crippen LogP contribution in [0.2, 0.25) is 0 Å². The van der Waals surface area contributed by atoms with Crippen LogP contribution in [0.15, 0.2) is 18.2 Å². The Morgan fingerprint density at radius 2 is 2.20 bits per heavy atom. The first-order valence-electron chi connectivity index (χ1n) is 4.87. The van der Waals surface area contributed by atoms with Gasteiger partial charge in [0, 0.05) is 0 Å². The molecule has 82 valence electrons. The third kappa shape index (κ3) is 2.62. The average Bonchev–Trinajstić information content (AvgIpc) is 2.18. The second kappa shape index (κ2) is 4.68. The van der Waals surface area contributed by atoms with E-state index in [9.17, 15) is 9.90 Å². The van der Waals surface area contributed by atoms with Crippen LogP contribution >= 0.6 is 0 Å². The number of carboxylic acids is 1. The van der Waals surface area contributed by atoms with Crippen LogP contribution in [0.3, 0.4) is 0 Å². The minimum Gasteiger partial charge on any atom is -0.506 e. The molecule has 0 aliphatic rings. The minimum atomic E-state index is -0.874. The maximum absolute atomic E-state index is 11.0. The Balaban J connectivity index is 3.01. The molecular weight excluding hydrogens is 194 g/mol. The molecule has 1 rings (SSSR count). The number of anilines is 1. The van der Waals surface area contributed by atoms with E-state index in [1.54, 1.807) is 6.07 Å². The Morgan fingerprint density at radius 3 is 2.67 bits per heavy atom. The Hall–Kier alpha value is -1.71. The summed E-state index contributed by atoms with van der Waals surface area (Å²) in [5.74, 6) is -1.50. The molecule has 4 N–H and O–H groups in total. The smallest absolute Gasteiger partial charge is 0.310 e. The molecule has 0 bridgehead atoms. The Bertz CT molecular complexity index is 363. The second-order valence-corrected chi connectivity index (χ2v) is 3.50. The summed E-state index contributed by atoms with van der Waals surface area (Å²) in [7, 11) is 0. The lowest BCUT2D eigenvalue weighted by Crippen LogP contribution is -2.11. The topological polar surface area (TPSA) is 83.5 Å². The molecule has 0 aliphatic heterocycles. The molecule has 0 radical (unpaired) electrons. The molecule has 0 heterocycles. The van der Waals surface area contributed by atoms with Crippen molar-refractivity contribution in [2.75, 3.05) is 5.73 Å². The number of aliphatic carboxylic acids is 1. The van der Waals surface area contributed by atoms with Crippen LogP contribution in [0.1, 0.15) is 31.2 Å². The number of carbonyl (C=O) groups is 1. The van der Waals surface area contributed by atoms with Crippen molar-refractivity contribution in [3.05, 3.63) is 23.8 Å². The molecular formula is C11H15NO3. The summed E-state index contributed by atoms with van der Waals surface area (Å²) < 4.78 is 0. The molecule has 0 aromatic heterocycles. The van der Waals surface area contributed by atoms with Crippen molar-refractivity contribution in [3.8, 4) is 5.75 Å². The summed E-state index contributed by atoms with van der Waals surface area (Å²) in [5, 5.41) is 18.4. The van der Waals surface area contributed by atoms with Gasteiger partial charge in [-0.15, -0.1) is 0 Å². The number of rotatable bonds is 4. The van der Waals surface area contributed by atoms with Gasteiger partial charge in [-0.25, -0.2) is 0 Å². The Labute approximate surface area is 88.3 Å². The molecule has 0 amide bonds. The van der Waals surface area contributed by atoms with Crippen molar-refractivity contribution >= 4 is 11.7 Å². The number of hydrogen-bond donors (Lipinski definition) is 3. The van der Waals surface area contributed by atoms with Crippen LogP contribution in [0, 0.1) is 0 Å². The highest BCUT2D eigenvalue weighted by Gasteiger charge is 2.19. The fourth-order valence-electron chi connectivity index (χ4n) is 1.50. The molecule has 0 saturated carbocycles.